The summed E-state index contributed by atoms with van der Waals surface area (Å²) in [6.07, 6.45) is 2.73. The second kappa shape index (κ2) is 7.84. The van der Waals surface area contributed by atoms with E-state index in [4.69, 9.17) is 9.72 Å². The normalized spacial score (nSPS) is 15.9. The topological polar surface area (TPSA) is 56.3 Å². The van der Waals surface area contributed by atoms with Gasteiger partial charge >= 0.3 is 5.97 Å². The second-order valence-electron chi connectivity index (χ2n) is 7.29. The van der Waals surface area contributed by atoms with Crippen LogP contribution in [0.15, 0.2) is 53.0 Å². The van der Waals surface area contributed by atoms with Gasteiger partial charge in [0.15, 0.2) is 12.4 Å². The highest BCUT2D eigenvalue weighted by molar-refractivity contribution is 9.10. The summed E-state index contributed by atoms with van der Waals surface area (Å²) in [5.41, 5.74) is 3.81. The average molecular weight is 438 g/mol. The number of carbonyl (C=O) groups excluding carboxylic acids is 2. The number of hydrogen-bond acceptors (Lipinski definition) is 4. The van der Waals surface area contributed by atoms with E-state index in [0.29, 0.717) is 17.0 Å². The molecule has 0 fully saturated rings. The number of carbonyl (C=O) groups is 2. The van der Waals surface area contributed by atoms with Crippen LogP contribution in [0, 0.1) is 5.92 Å². The first-order chi connectivity index (χ1) is 13.5. The minimum atomic E-state index is -0.452. The molecule has 0 radical (unpaired) electrons. The Labute approximate surface area is 172 Å². The number of fused-ring (bicyclic) bond motifs is 2. The summed E-state index contributed by atoms with van der Waals surface area (Å²) in [4.78, 5) is 30.2. The maximum Gasteiger partial charge on any atom is 0.339 e. The maximum atomic E-state index is 13.0. The van der Waals surface area contributed by atoms with Gasteiger partial charge in [0.1, 0.15) is 0 Å². The van der Waals surface area contributed by atoms with Crippen LogP contribution in [-0.2, 0) is 17.6 Å². The summed E-state index contributed by atoms with van der Waals surface area (Å²) in [5, 5.41) is 0.787. The minimum absolute atomic E-state index is 0.227. The monoisotopic (exact) mass is 437 g/mol. The number of ether oxygens (including phenoxy) is 1. The number of esters is 1. The van der Waals surface area contributed by atoms with Crippen LogP contribution < -0.4 is 0 Å². The van der Waals surface area contributed by atoms with E-state index in [-0.39, 0.29) is 12.4 Å². The minimum Gasteiger partial charge on any atom is -0.454 e. The van der Waals surface area contributed by atoms with Gasteiger partial charge in [-0.05, 0) is 48.9 Å². The van der Waals surface area contributed by atoms with E-state index in [0.717, 1.165) is 45.9 Å². The summed E-state index contributed by atoms with van der Waals surface area (Å²) in [6, 6.07) is 14.7. The lowest BCUT2D eigenvalue weighted by Gasteiger charge is -2.24. The summed E-state index contributed by atoms with van der Waals surface area (Å²) < 4.78 is 6.27. The smallest absolute Gasteiger partial charge is 0.339 e. The highest BCUT2D eigenvalue weighted by Crippen LogP contribution is 2.32. The van der Waals surface area contributed by atoms with Crippen molar-refractivity contribution >= 4 is 38.6 Å². The molecule has 1 heterocycles. The maximum absolute atomic E-state index is 13.0. The molecule has 1 aromatic heterocycles. The molecule has 28 heavy (non-hydrogen) atoms. The molecule has 0 bridgehead atoms. The zero-order valence-corrected chi connectivity index (χ0v) is 17.2. The molecule has 3 aromatic rings. The third-order valence-electron chi connectivity index (χ3n) is 5.19. The van der Waals surface area contributed by atoms with Crippen molar-refractivity contribution in [1.29, 1.82) is 0 Å². The number of halogens is 1. The molecule has 0 saturated carbocycles. The number of ketones is 1. The predicted octanol–water partition coefficient (Wildman–Crippen LogP) is 5.16. The summed E-state index contributed by atoms with van der Waals surface area (Å²) in [6.45, 7) is 1.90. The molecule has 0 spiro atoms. The Kier molecular flexibility index (Phi) is 5.27. The molecule has 4 nitrogen and oxygen atoms in total. The fourth-order valence-electron chi connectivity index (χ4n) is 3.74. The van der Waals surface area contributed by atoms with Crippen LogP contribution in [0.5, 0.6) is 0 Å². The Hall–Kier alpha value is -2.53. The molecule has 2 aromatic carbocycles. The number of hydrogen-bond donors (Lipinski definition) is 0. The number of rotatable bonds is 4. The lowest BCUT2D eigenvalue weighted by atomic mass is 9.84. The van der Waals surface area contributed by atoms with Crippen molar-refractivity contribution < 1.29 is 14.3 Å². The Morgan fingerprint density at radius 1 is 1.18 bits per heavy atom. The first-order valence-corrected chi connectivity index (χ1v) is 10.2. The van der Waals surface area contributed by atoms with E-state index < -0.39 is 5.97 Å². The van der Waals surface area contributed by atoms with Crippen LogP contribution >= 0.6 is 15.9 Å². The Balaban J connectivity index is 1.65. The van der Waals surface area contributed by atoms with Crippen molar-refractivity contribution in [2.45, 2.75) is 26.2 Å². The number of nitrogens with zero attached hydrogens (tertiary/aromatic N) is 1. The summed E-state index contributed by atoms with van der Waals surface area (Å²) >= 11 is 3.35. The fraction of sp³-hybridized carbons (Fsp3) is 0.261. The van der Waals surface area contributed by atoms with Gasteiger partial charge in [-0.15, -0.1) is 0 Å². The molecule has 1 atom stereocenters. The molecule has 0 N–H and O–H groups in total. The second-order valence-corrected chi connectivity index (χ2v) is 8.20. The molecule has 0 saturated heterocycles. The van der Waals surface area contributed by atoms with E-state index in [9.17, 15) is 9.59 Å². The van der Waals surface area contributed by atoms with Gasteiger partial charge in [0.25, 0.3) is 0 Å². The standard InChI is InChI=1S/C23H20BrNO3/c1-14-9-10-20-18(11-14)22(17-7-2-3-8-19(17)25-20)23(27)28-13-21(26)15-5-4-6-16(24)12-15/h2-8,12,14H,9-11,13H2,1H3. The van der Waals surface area contributed by atoms with Gasteiger partial charge in [0.2, 0.25) is 0 Å². The van der Waals surface area contributed by atoms with Crippen LogP contribution in [0.3, 0.4) is 0 Å². The van der Waals surface area contributed by atoms with Crippen molar-refractivity contribution in [3.05, 3.63) is 75.4 Å². The van der Waals surface area contributed by atoms with Crippen molar-refractivity contribution in [1.82, 2.24) is 4.98 Å². The van der Waals surface area contributed by atoms with Crippen LogP contribution in [0.1, 0.15) is 45.3 Å². The van der Waals surface area contributed by atoms with Crippen LogP contribution in [0.25, 0.3) is 10.9 Å². The molecule has 4 rings (SSSR count). The SMILES string of the molecule is CC1CCc2nc3ccccc3c(C(=O)OCC(=O)c3cccc(Br)c3)c2C1. The van der Waals surface area contributed by atoms with Gasteiger partial charge in [0, 0.05) is 21.1 Å². The van der Waals surface area contributed by atoms with Crippen LogP contribution in [0.4, 0.5) is 0 Å². The molecule has 1 unspecified atom stereocenters. The molecule has 142 valence electrons. The van der Waals surface area contributed by atoms with Crippen molar-refractivity contribution in [3.8, 4) is 0 Å². The van der Waals surface area contributed by atoms with Gasteiger partial charge in [-0.25, -0.2) is 4.79 Å². The van der Waals surface area contributed by atoms with Gasteiger partial charge in [0.05, 0.1) is 11.1 Å². The molecule has 0 aliphatic heterocycles. The van der Waals surface area contributed by atoms with E-state index in [1.807, 2.05) is 30.3 Å². The zero-order valence-electron chi connectivity index (χ0n) is 15.6. The van der Waals surface area contributed by atoms with Gasteiger partial charge in [-0.2, -0.15) is 0 Å². The number of Topliss-reactive ketones (excluding diaryl/α,β-unsaturated/α-hetero) is 1. The number of aromatic nitrogens is 1. The number of para-hydroxylation sites is 1. The average Bonchev–Trinajstić information content (AvgIpc) is 2.70. The molecule has 1 aliphatic rings. The van der Waals surface area contributed by atoms with E-state index in [1.54, 1.807) is 18.2 Å². The molecular formula is C23H20BrNO3. The lowest BCUT2D eigenvalue weighted by molar-refractivity contribution is 0.0475. The summed E-state index contributed by atoms with van der Waals surface area (Å²) in [7, 11) is 0. The first-order valence-electron chi connectivity index (χ1n) is 9.39. The Morgan fingerprint density at radius 3 is 2.82 bits per heavy atom. The highest BCUT2D eigenvalue weighted by Gasteiger charge is 2.26. The van der Waals surface area contributed by atoms with Gasteiger partial charge in [-0.1, -0.05) is 53.2 Å². The van der Waals surface area contributed by atoms with E-state index in [1.165, 1.54) is 0 Å². The third kappa shape index (κ3) is 3.72. The third-order valence-corrected chi connectivity index (χ3v) is 5.68. The predicted molar refractivity (Wildman–Crippen MR) is 112 cm³/mol. The quantitative estimate of drug-likeness (QED) is 0.417. The van der Waals surface area contributed by atoms with Gasteiger partial charge in [-0.3, -0.25) is 9.78 Å². The highest BCUT2D eigenvalue weighted by atomic mass is 79.9. The lowest BCUT2D eigenvalue weighted by Crippen LogP contribution is -2.21. The Bertz CT molecular complexity index is 1080. The van der Waals surface area contributed by atoms with E-state index in [2.05, 4.69) is 22.9 Å². The molecule has 0 amide bonds. The first kappa shape index (κ1) is 18.8. The van der Waals surface area contributed by atoms with Crippen molar-refractivity contribution in [2.75, 3.05) is 6.61 Å². The van der Waals surface area contributed by atoms with Gasteiger partial charge < -0.3 is 4.74 Å². The molecule has 1 aliphatic carbocycles. The number of benzene rings is 2. The Morgan fingerprint density at radius 2 is 2.00 bits per heavy atom. The van der Waals surface area contributed by atoms with E-state index >= 15 is 0 Å². The fourth-order valence-corrected chi connectivity index (χ4v) is 4.14. The largest absolute Gasteiger partial charge is 0.454 e. The zero-order chi connectivity index (χ0) is 19.7. The number of aryl methyl sites for hydroxylation is 1. The number of pyridine rings is 1. The van der Waals surface area contributed by atoms with Crippen LogP contribution in [-0.4, -0.2) is 23.3 Å². The molecular weight excluding hydrogens is 418 g/mol. The molecule has 5 heteroatoms. The summed E-state index contributed by atoms with van der Waals surface area (Å²) in [5.74, 6) is -0.187. The van der Waals surface area contributed by atoms with Crippen molar-refractivity contribution in [2.24, 2.45) is 5.92 Å². The van der Waals surface area contributed by atoms with Crippen LogP contribution in [0.2, 0.25) is 0 Å². The van der Waals surface area contributed by atoms with Crippen molar-refractivity contribution in [3.63, 3.8) is 0 Å².